The molecule has 5 nitrogen and oxygen atoms in total. The average molecular weight is 263 g/mol. The number of hydrogen-bond acceptors (Lipinski definition) is 5. The molecular weight excluding hydrogens is 242 g/mol. The minimum atomic E-state index is 0.777. The van der Waals surface area contributed by atoms with Crippen LogP contribution in [0.4, 0.5) is 0 Å². The molecule has 0 bridgehead atoms. The summed E-state index contributed by atoms with van der Waals surface area (Å²) >= 11 is 0. The summed E-state index contributed by atoms with van der Waals surface area (Å²) in [7, 11) is 5.43. The van der Waals surface area contributed by atoms with Crippen molar-refractivity contribution in [2.45, 2.75) is 0 Å². The minimum absolute atomic E-state index is 0.777. The van der Waals surface area contributed by atoms with Gasteiger partial charge in [0.05, 0.1) is 20.4 Å². The molecule has 19 heavy (non-hydrogen) atoms. The van der Waals surface area contributed by atoms with Crippen molar-refractivity contribution in [3.63, 3.8) is 0 Å². The smallest absolute Gasteiger partial charge is 0.123 e. The second-order valence-corrected chi connectivity index (χ2v) is 4.65. The second kappa shape index (κ2) is 6.43. The van der Waals surface area contributed by atoms with E-state index in [1.807, 2.05) is 24.4 Å². The zero-order chi connectivity index (χ0) is 13.7. The van der Waals surface area contributed by atoms with Gasteiger partial charge in [0, 0.05) is 37.8 Å². The van der Waals surface area contributed by atoms with Gasteiger partial charge < -0.3 is 14.4 Å². The Bertz CT molecular complexity index is 418. The second-order valence-electron chi connectivity index (χ2n) is 4.65. The van der Waals surface area contributed by atoms with E-state index in [2.05, 4.69) is 22.1 Å². The summed E-state index contributed by atoms with van der Waals surface area (Å²) in [5.41, 5.74) is 0.982. The van der Waals surface area contributed by atoms with Gasteiger partial charge in [0.15, 0.2) is 0 Å². The van der Waals surface area contributed by atoms with Crippen molar-refractivity contribution in [1.82, 2.24) is 9.91 Å². The van der Waals surface area contributed by atoms with Crippen LogP contribution in [0.15, 0.2) is 23.3 Å². The van der Waals surface area contributed by atoms with E-state index in [-0.39, 0.29) is 0 Å². The third-order valence-corrected chi connectivity index (χ3v) is 3.22. The number of nitrogens with zero attached hydrogens (tertiary/aromatic N) is 3. The van der Waals surface area contributed by atoms with E-state index >= 15 is 0 Å². The fourth-order valence-corrected chi connectivity index (χ4v) is 1.96. The lowest BCUT2D eigenvalue weighted by atomic mass is 10.2. The molecule has 1 heterocycles. The van der Waals surface area contributed by atoms with Crippen molar-refractivity contribution in [2.75, 3.05) is 47.4 Å². The van der Waals surface area contributed by atoms with Crippen LogP contribution in [0.5, 0.6) is 11.5 Å². The largest absolute Gasteiger partial charge is 0.497 e. The highest BCUT2D eigenvalue weighted by atomic mass is 16.5. The van der Waals surface area contributed by atoms with Gasteiger partial charge in [0.25, 0.3) is 0 Å². The van der Waals surface area contributed by atoms with Gasteiger partial charge in [-0.2, -0.15) is 5.10 Å². The first-order valence-corrected chi connectivity index (χ1v) is 6.42. The van der Waals surface area contributed by atoms with Crippen molar-refractivity contribution in [3.8, 4) is 11.5 Å². The Kier molecular flexibility index (Phi) is 4.63. The van der Waals surface area contributed by atoms with Crippen LogP contribution >= 0.6 is 0 Å². The molecule has 5 heteroatoms. The Morgan fingerprint density at radius 1 is 1.00 bits per heavy atom. The first-order chi connectivity index (χ1) is 9.21. The van der Waals surface area contributed by atoms with Crippen LogP contribution in [0.3, 0.4) is 0 Å². The normalized spacial score (nSPS) is 16.9. The minimum Gasteiger partial charge on any atom is -0.497 e. The van der Waals surface area contributed by atoms with Crippen LogP contribution in [-0.4, -0.2) is 63.6 Å². The van der Waals surface area contributed by atoms with E-state index in [1.165, 1.54) is 0 Å². The lowest BCUT2D eigenvalue weighted by Crippen LogP contribution is -2.41. The molecule has 1 aliphatic rings. The Morgan fingerprint density at radius 3 is 2.11 bits per heavy atom. The molecule has 0 aromatic heterocycles. The number of methoxy groups -OCH3 is 2. The average Bonchev–Trinajstić information content (AvgIpc) is 2.46. The molecule has 0 atom stereocenters. The van der Waals surface area contributed by atoms with E-state index in [1.54, 1.807) is 14.2 Å². The maximum Gasteiger partial charge on any atom is 0.123 e. The van der Waals surface area contributed by atoms with Gasteiger partial charge in [0.2, 0.25) is 0 Å². The zero-order valence-electron chi connectivity index (χ0n) is 11.8. The maximum absolute atomic E-state index is 5.24. The summed E-state index contributed by atoms with van der Waals surface area (Å²) in [6, 6.07) is 5.75. The lowest BCUT2D eigenvalue weighted by molar-refractivity contribution is 0.159. The number of ether oxygens (including phenoxy) is 2. The van der Waals surface area contributed by atoms with Crippen molar-refractivity contribution < 1.29 is 9.47 Å². The van der Waals surface area contributed by atoms with Gasteiger partial charge in [0.1, 0.15) is 11.5 Å². The van der Waals surface area contributed by atoms with Gasteiger partial charge >= 0.3 is 0 Å². The molecular formula is C14H21N3O2. The first kappa shape index (κ1) is 13.7. The van der Waals surface area contributed by atoms with Crippen LogP contribution < -0.4 is 9.47 Å². The number of likely N-dealkylation sites (N-methyl/N-ethyl adjacent to an activating group) is 1. The van der Waals surface area contributed by atoms with E-state index in [4.69, 9.17) is 9.47 Å². The molecule has 0 spiro atoms. The molecule has 0 saturated carbocycles. The van der Waals surface area contributed by atoms with Crippen molar-refractivity contribution in [2.24, 2.45) is 5.10 Å². The van der Waals surface area contributed by atoms with Gasteiger partial charge in [-0.25, -0.2) is 0 Å². The summed E-state index contributed by atoms with van der Waals surface area (Å²) < 4.78 is 10.5. The summed E-state index contributed by atoms with van der Waals surface area (Å²) in [6.45, 7) is 4.04. The van der Waals surface area contributed by atoms with Crippen LogP contribution in [0.25, 0.3) is 0 Å². The standard InChI is InChI=1S/C14H21N3O2/c1-16-4-6-17(7-5-16)15-11-12-8-13(18-2)10-14(9-12)19-3/h8-11H,4-7H2,1-3H3/b15-11+. The quantitative estimate of drug-likeness (QED) is 0.767. The molecule has 1 aliphatic heterocycles. The van der Waals surface area contributed by atoms with Crippen molar-refractivity contribution >= 4 is 6.21 Å². The Labute approximate surface area is 114 Å². The summed E-state index contributed by atoms with van der Waals surface area (Å²) in [4.78, 5) is 2.31. The predicted octanol–water partition coefficient (Wildman–Crippen LogP) is 1.29. The summed E-state index contributed by atoms with van der Waals surface area (Å²) in [5.74, 6) is 1.55. The molecule has 1 aromatic carbocycles. The highest BCUT2D eigenvalue weighted by Gasteiger charge is 2.10. The van der Waals surface area contributed by atoms with Crippen LogP contribution in [0.2, 0.25) is 0 Å². The molecule has 0 unspecified atom stereocenters. The fourth-order valence-electron chi connectivity index (χ4n) is 1.96. The molecule has 0 amide bonds. The van der Waals surface area contributed by atoms with E-state index in [9.17, 15) is 0 Å². The highest BCUT2D eigenvalue weighted by molar-refractivity contribution is 5.80. The van der Waals surface area contributed by atoms with Gasteiger partial charge in [-0.3, -0.25) is 5.01 Å². The molecule has 0 radical (unpaired) electrons. The van der Waals surface area contributed by atoms with E-state index < -0.39 is 0 Å². The Morgan fingerprint density at radius 2 is 1.58 bits per heavy atom. The topological polar surface area (TPSA) is 37.3 Å². The van der Waals surface area contributed by atoms with Crippen molar-refractivity contribution in [1.29, 1.82) is 0 Å². The third-order valence-electron chi connectivity index (χ3n) is 3.22. The van der Waals surface area contributed by atoms with Crippen LogP contribution in [-0.2, 0) is 0 Å². The predicted molar refractivity (Wildman–Crippen MR) is 76.2 cm³/mol. The highest BCUT2D eigenvalue weighted by Crippen LogP contribution is 2.21. The van der Waals surface area contributed by atoms with Gasteiger partial charge in [-0.15, -0.1) is 0 Å². The summed E-state index contributed by atoms with van der Waals surface area (Å²) in [5, 5.41) is 6.60. The molecule has 0 N–H and O–H groups in total. The molecule has 104 valence electrons. The number of hydrogen-bond donors (Lipinski definition) is 0. The molecule has 0 aliphatic carbocycles. The van der Waals surface area contributed by atoms with E-state index in [0.29, 0.717) is 0 Å². The maximum atomic E-state index is 5.24. The number of rotatable bonds is 4. The van der Waals surface area contributed by atoms with Crippen LogP contribution in [0.1, 0.15) is 5.56 Å². The Balaban J connectivity index is 2.05. The van der Waals surface area contributed by atoms with Crippen molar-refractivity contribution in [3.05, 3.63) is 23.8 Å². The lowest BCUT2D eigenvalue weighted by Gasteiger charge is -2.30. The van der Waals surface area contributed by atoms with Gasteiger partial charge in [-0.1, -0.05) is 0 Å². The summed E-state index contributed by atoms with van der Waals surface area (Å²) in [6.07, 6.45) is 1.86. The molecule has 1 fully saturated rings. The van der Waals surface area contributed by atoms with E-state index in [0.717, 1.165) is 43.2 Å². The third kappa shape index (κ3) is 3.86. The zero-order valence-corrected chi connectivity index (χ0v) is 11.8. The fraction of sp³-hybridized carbons (Fsp3) is 0.500. The number of benzene rings is 1. The molecule has 1 saturated heterocycles. The number of piperazine rings is 1. The molecule has 2 rings (SSSR count). The number of hydrazone groups is 1. The monoisotopic (exact) mass is 263 g/mol. The first-order valence-electron chi connectivity index (χ1n) is 6.42. The Hall–Kier alpha value is -1.75. The van der Waals surface area contributed by atoms with Gasteiger partial charge in [-0.05, 0) is 19.2 Å². The van der Waals surface area contributed by atoms with Crippen LogP contribution in [0, 0.1) is 0 Å². The molecule has 1 aromatic rings. The SMILES string of the molecule is COc1cc(/C=N/N2CCN(C)CC2)cc(OC)c1.